The Bertz CT molecular complexity index is 506. The van der Waals surface area contributed by atoms with Crippen LogP contribution in [0.5, 0.6) is 0 Å². The van der Waals surface area contributed by atoms with Crippen LogP contribution in [-0.2, 0) is 11.4 Å². The maximum atomic E-state index is 14.1. The van der Waals surface area contributed by atoms with Crippen LogP contribution in [0.4, 0.5) is 10.1 Å². The highest BCUT2D eigenvalue weighted by molar-refractivity contribution is 5.83. The Kier molecular flexibility index (Phi) is 3.14. The average molecular weight is 264 g/mol. The first-order valence-electron chi connectivity index (χ1n) is 6.65. The molecule has 1 amide bonds. The number of aliphatic hydroxyl groups excluding tert-OH is 1. The van der Waals surface area contributed by atoms with Crippen LogP contribution in [-0.4, -0.2) is 30.1 Å². The van der Waals surface area contributed by atoms with Crippen molar-refractivity contribution in [3.63, 3.8) is 0 Å². The summed E-state index contributed by atoms with van der Waals surface area (Å²) in [6.07, 6.45) is 1.73. The molecule has 102 valence electrons. The van der Waals surface area contributed by atoms with Gasteiger partial charge in [-0.2, -0.15) is 0 Å². The lowest BCUT2D eigenvalue weighted by Crippen LogP contribution is -2.46. The smallest absolute Gasteiger partial charge is 0.225 e. The van der Waals surface area contributed by atoms with E-state index in [1.165, 1.54) is 6.07 Å². The van der Waals surface area contributed by atoms with Crippen molar-refractivity contribution in [2.75, 3.05) is 18.0 Å². The fraction of sp³-hybridized carbons (Fsp3) is 0.500. The lowest BCUT2D eigenvalue weighted by atomic mass is 9.90. The van der Waals surface area contributed by atoms with Crippen molar-refractivity contribution in [3.05, 3.63) is 29.6 Å². The summed E-state index contributed by atoms with van der Waals surface area (Å²) in [5.41, 5.74) is 1.04. The number of piperidine rings is 1. The molecule has 2 heterocycles. The van der Waals surface area contributed by atoms with Gasteiger partial charge in [0.05, 0.1) is 24.3 Å². The van der Waals surface area contributed by atoms with Crippen LogP contribution < -0.4 is 10.2 Å². The Morgan fingerprint density at radius 3 is 3.11 bits per heavy atom. The van der Waals surface area contributed by atoms with Gasteiger partial charge in [0.1, 0.15) is 5.82 Å². The van der Waals surface area contributed by atoms with Gasteiger partial charge in [-0.1, -0.05) is 12.1 Å². The quantitative estimate of drug-likeness (QED) is 0.839. The average Bonchev–Trinajstić information content (AvgIpc) is 2.80. The molecule has 2 fully saturated rings. The molecule has 0 saturated carbocycles. The van der Waals surface area contributed by atoms with Gasteiger partial charge in [0.25, 0.3) is 0 Å². The SMILES string of the molecule is O=C1NCC2C1CCCN2c1c(F)cccc1CO. The van der Waals surface area contributed by atoms with E-state index in [-0.39, 0.29) is 30.3 Å². The van der Waals surface area contributed by atoms with Gasteiger partial charge < -0.3 is 15.3 Å². The predicted molar refractivity (Wildman–Crippen MR) is 69.2 cm³/mol. The summed E-state index contributed by atoms with van der Waals surface area (Å²) < 4.78 is 14.1. The molecule has 0 aromatic heterocycles. The van der Waals surface area contributed by atoms with E-state index in [0.29, 0.717) is 17.8 Å². The molecule has 0 radical (unpaired) electrons. The van der Waals surface area contributed by atoms with Gasteiger partial charge in [-0.25, -0.2) is 4.39 Å². The lowest BCUT2D eigenvalue weighted by molar-refractivity contribution is -0.123. The molecule has 2 aliphatic heterocycles. The summed E-state index contributed by atoms with van der Waals surface area (Å²) in [6, 6.07) is 4.74. The standard InChI is InChI=1S/C14H17FN2O2/c15-11-5-1-3-9(8-18)13(11)17-6-2-4-10-12(17)7-16-14(10)19/h1,3,5,10,12,18H,2,4,6-8H2,(H,16,19). The second-order valence-corrected chi connectivity index (χ2v) is 5.16. The second-order valence-electron chi connectivity index (χ2n) is 5.16. The molecular weight excluding hydrogens is 247 g/mol. The van der Waals surface area contributed by atoms with Crippen LogP contribution in [0.2, 0.25) is 0 Å². The van der Waals surface area contributed by atoms with Gasteiger partial charge in [-0.05, 0) is 18.9 Å². The molecule has 1 aromatic rings. The van der Waals surface area contributed by atoms with Crippen LogP contribution in [0.3, 0.4) is 0 Å². The minimum atomic E-state index is -0.327. The van der Waals surface area contributed by atoms with Gasteiger partial charge in [0.2, 0.25) is 5.91 Å². The van der Waals surface area contributed by atoms with E-state index >= 15 is 0 Å². The highest BCUT2D eigenvalue weighted by Gasteiger charge is 2.41. The number of aliphatic hydroxyl groups is 1. The van der Waals surface area contributed by atoms with Crippen molar-refractivity contribution in [3.8, 4) is 0 Å². The van der Waals surface area contributed by atoms with Crippen molar-refractivity contribution < 1.29 is 14.3 Å². The monoisotopic (exact) mass is 264 g/mol. The number of carbonyl (C=O) groups excluding carboxylic acids is 1. The van der Waals surface area contributed by atoms with Crippen LogP contribution in [0.1, 0.15) is 18.4 Å². The summed E-state index contributed by atoms with van der Waals surface area (Å²) in [7, 11) is 0. The molecule has 4 nitrogen and oxygen atoms in total. The molecule has 2 unspecified atom stereocenters. The number of anilines is 1. The highest BCUT2D eigenvalue weighted by atomic mass is 19.1. The maximum Gasteiger partial charge on any atom is 0.225 e. The topological polar surface area (TPSA) is 52.6 Å². The zero-order valence-electron chi connectivity index (χ0n) is 10.6. The van der Waals surface area contributed by atoms with E-state index in [9.17, 15) is 14.3 Å². The van der Waals surface area contributed by atoms with Crippen LogP contribution >= 0.6 is 0 Å². The number of halogens is 1. The van der Waals surface area contributed by atoms with Crippen molar-refractivity contribution in [2.45, 2.75) is 25.5 Å². The molecule has 2 N–H and O–H groups in total. The third-order valence-corrected chi connectivity index (χ3v) is 4.13. The summed E-state index contributed by atoms with van der Waals surface area (Å²) in [5, 5.41) is 12.2. The Hall–Kier alpha value is -1.62. The molecule has 1 aromatic carbocycles. The number of rotatable bonds is 2. The first kappa shape index (κ1) is 12.4. The summed E-state index contributed by atoms with van der Waals surface area (Å²) >= 11 is 0. The third kappa shape index (κ3) is 1.98. The molecule has 0 aliphatic carbocycles. The predicted octanol–water partition coefficient (Wildman–Crippen LogP) is 1.03. The highest BCUT2D eigenvalue weighted by Crippen LogP contribution is 2.35. The first-order valence-corrected chi connectivity index (χ1v) is 6.65. The molecule has 3 rings (SSSR count). The minimum Gasteiger partial charge on any atom is -0.392 e. The summed E-state index contributed by atoms with van der Waals surface area (Å²) in [5.74, 6) is -0.317. The lowest BCUT2D eigenvalue weighted by Gasteiger charge is -2.38. The zero-order chi connectivity index (χ0) is 13.4. The second kappa shape index (κ2) is 4.81. The number of fused-ring (bicyclic) bond motifs is 1. The van der Waals surface area contributed by atoms with Crippen molar-refractivity contribution in [1.29, 1.82) is 0 Å². The van der Waals surface area contributed by atoms with Gasteiger partial charge in [0.15, 0.2) is 0 Å². The summed E-state index contributed by atoms with van der Waals surface area (Å²) in [4.78, 5) is 13.7. The molecular formula is C14H17FN2O2. The van der Waals surface area contributed by atoms with Crippen molar-refractivity contribution in [1.82, 2.24) is 5.32 Å². The van der Waals surface area contributed by atoms with Gasteiger partial charge in [0, 0.05) is 18.7 Å². The Morgan fingerprint density at radius 2 is 2.32 bits per heavy atom. The number of nitrogens with one attached hydrogen (secondary N) is 1. The molecule has 5 heteroatoms. The Morgan fingerprint density at radius 1 is 1.47 bits per heavy atom. The zero-order valence-corrected chi connectivity index (χ0v) is 10.6. The Labute approximate surface area is 111 Å². The Balaban J connectivity index is 1.99. The van der Waals surface area contributed by atoms with E-state index in [4.69, 9.17) is 0 Å². The van der Waals surface area contributed by atoms with E-state index < -0.39 is 0 Å². The maximum absolute atomic E-state index is 14.1. The number of carbonyl (C=O) groups is 1. The molecule has 0 bridgehead atoms. The number of hydrogen-bond acceptors (Lipinski definition) is 3. The first-order chi connectivity index (χ1) is 9.22. The van der Waals surface area contributed by atoms with E-state index in [1.807, 2.05) is 4.90 Å². The fourth-order valence-electron chi connectivity index (χ4n) is 3.24. The number of para-hydroxylation sites is 1. The number of amides is 1. The third-order valence-electron chi connectivity index (χ3n) is 4.13. The fourth-order valence-corrected chi connectivity index (χ4v) is 3.24. The number of nitrogens with zero attached hydrogens (tertiary/aromatic N) is 1. The minimum absolute atomic E-state index is 0.00319. The van der Waals surface area contributed by atoms with Crippen molar-refractivity contribution >= 4 is 11.6 Å². The molecule has 2 atom stereocenters. The van der Waals surface area contributed by atoms with Crippen LogP contribution in [0, 0.1) is 11.7 Å². The van der Waals surface area contributed by atoms with E-state index in [0.717, 1.165) is 19.4 Å². The number of hydrogen-bond donors (Lipinski definition) is 2. The molecule has 19 heavy (non-hydrogen) atoms. The molecule has 2 saturated heterocycles. The van der Waals surface area contributed by atoms with Crippen molar-refractivity contribution in [2.24, 2.45) is 5.92 Å². The number of benzene rings is 1. The molecule has 2 aliphatic rings. The van der Waals surface area contributed by atoms with Crippen LogP contribution in [0.15, 0.2) is 18.2 Å². The van der Waals surface area contributed by atoms with Gasteiger partial charge in [-0.3, -0.25) is 4.79 Å². The van der Waals surface area contributed by atoms with Crippen LogP contribution in [0.25, 0.3) is 0 Å². The van der Waals surface area contributed by atoms with E-state index in [2.05, 4.69) is 5.32 Å². The van der Waals surface area contributed by atoms with Gasteiger partial charge >= 0.3 is 0 Å². The largest absolute Gasteiger partial charge is 0.392 e. The van der Waals surface area contributed by atoms with E-state index in [1.54, 1.807) is 12.1 Å². The molecule has 0 spiro atoms. The normalized spacial score (nSPS) is 26.2. The summed E-state index contributed by atoms with van der Waals surface area (Å²) in [6.45, 7) is 1.09. The van der Waals surface area contributed by atoms with Gasteiger partial charge in [-0.15, -0.1) is 0 Å².